The number of fused-ring (bicyclic) bond motifs is 1. The van der Waals surface area contributed by atoms with E-state index in [0.29, 0.717) is 22.9 Å². The minimum absolute atomic E-state index is 0.175. The molecule has 0 radical (unpaired) electrons. The van der Waals surface area contributed by atoms with Crippen LogP contribution in [0.4, 0.5) is 5.69 Å². The van der Waals surface area contributed by atoms with E-state index in [1.54, 1.807) is 32.4 Å². The zero-order valence-corrected chi connectivity index (χ0v) is 17.4. The number of ether oxygens (including phenoxy) is 2. The lowest BCUT2D eigenvalue weighted by molar-refractivity contribution is 0.355. The number of aromatic hydroxyl groups is 1. The first-order chi connectivity index (χ1) is 14.5. The molecule has 1 heterocycles. The molecule has 0 bridgehead atoms. The Labute approximate surface area is 174 Å². The van der Waals surface area contributed by atoms with E-state index in [1.165, 1.54) is 0 Å². The predicted molar refractivity (Wildman–Crippen MR) is 118 cm³/mol. The molecule has 0 fully saturated rings. The zero-order valence-electron chi connectivity index (χ0n) is 17.4. The van der Waals surface area contributed by atoms with Gasteiger partial charge in [-0.3, -0.25) is 0 Å². The number of hydrogen-bond acceptors (Lipinski definition) is 5. The fourth-order valence-corrected chi connectivity index (χ4v) is 3.60. The van der Waals surface area contributed by atoms with E-state index in [-0.39, 0.29) is 5.75 Å². The van der Waals surface area contributed by atoms with Gasteiger partial charge in [0.25, 0.3) is 0 Å². The van der Waals surface area contributed by atoms with Gasteiger partial charge in [-0.15, -0.1) is 0 Å². The molecular formula is C25H23NO4. The first-order valence-electron chi connectivity index (χ1n) is 9.60. The smallest absolute Gasteiger partial charge is 0.161 e. The Bertz CT molecular complexity index is 1300. The Balaban J connectivity index is 2.01. The fourth-order valence-electron chi connectivity index (χ4n) is 3.60. The number of phenols is 1. The van der Waals surface area contributed by atoms with E-state index in [2.05, 4.69) is 6.07 Å². The topological polar surface area (TPSA) is 64.2 Å². The summed E-state index contributed by atoms with van der Waals surface area (Å²) in [6, 6.07) is 18.6. The molecule has 3 aromatic carbocycles. The van der Waals surface area contributed by atoms with Gasteiger partial charge in [-0.2, -0.15) is 0 Å². The van der Waals surface area contributed by atoms with Gasteiger partial charge in [0.1, 0.15) is 17.1 Å². The maximum Gasteiger partial charge on any atom is 0.161 e. The minimum atomic E-state index is 0.175. The van der Waals surface area contributed by atoms with Crippen LogP contribution in [-0.2, 0) is 0 Å². The predicted octanol–water partition coefficient (Wildman–Crippen LogP) is 5.67. The molecule has 5 nitrogen and oxygen atoms in total. The highest BCUT2D eigenvalue weighted by molar-refractivity contribution is 5.83. The van der Waals surface area contributed by atoms with Gasteiger partial charge >= 0.3 is 0 Å². The van der Waals surface area contributed by atoms with Gasteiger partial charge in [0, 0.05) is 23.1 Å². The molecule has 152 valence electrons. The van der Waals surface area contributed by atoms with Crippen LogP contribution in [0.1, 0.15) is 11.1 Å². The van der Waals surface area contributed by atoms with Crippen LogP contribution in [0.3, 0.4) is 0 Å². The lowest BCUT2D eigenvalue weighted by atomic mass is 10.0. The van der Waals surface area contributed by atoms with Crippen molar-refractivity contribution in [2.24, 2.45) is 4.99 Å². The molecule has 5 heteroatoms. The van der Waals surface area contributed by atoms with Crippen molar-refractivity contribution in [2.45, 2.75) is 13.8 Å². The molecule has 0 unspecified atom stereocenters. The summed E-state index contributed by atoms with van der Waals surface area (Å²) in [5, 5.41) is 11.5. The number of aryl methyl sites for hydroxylation is 2. The highest BCUT2D eigenvalue weighted by Gasteiger charge is 2.12. The molecular weight excluding hydrogens is 378 g/mol. The Morgan fingerprint density at radius 3 is 2.40 bits per heavy atom. The Morgan fingerprint density at radius 2 is 1.67 bits per heavy atom. The lowest BCUT2D eigenvalue weighted by Crippen LogP contribution is -2.05. The van der Waals surface area contributed by atoms with E-state index in [9.17, 15) is 5.11 Å². The maximum absolute atomic E-state index is 9.83. The summed E-state index contributed by atoms with van der Waals surface area (Å²) < 4.78 is 17.1. The second kappa shape index (κ2) is 7.95. The minimum Gasteiger partial charge on any atom is -0.508 e. The van der Waals surface area contributed by atoms with Gasteiger partial charge in [-0.25, -0.2) is 4.99 Å². The van der Waals surface area contributed by atoms with Crippen LogP contribution in [0.5, 0.6) is 17.2 Å². The Morgan fingerprint density at radius 1 is 0.867 bits per heavy atom. The third-order valence-electron chi connectivity index (χ3n) is 4.93. The van der Waals surface area contributed by atoms with Crippen molar-refractivity contribution >= 4 is 16.7 Å². The average molecular weight is 401 g/mol. The molecule has 4 aromatic rings. The summed E-state index contributed by atoms with van der Waals surface area (Å²) in [6.45, 7) is 4.08. The van der Waals surface area contributed by atoms with Crippen LogP contribution >= 0.6 is 0 Å². The summed E-state index contributed by atoms with van der Waals surface area (Å²) in [5.74, 6) is 2.11. The molecule has 1 aromatic heterocycles. The Kier molecular flexibility index (Phi) is 5.19. The number of benzene rings is 3. The SMILES string of the molecule is COc1ccc(-c2cc(=Nc3cccc(O)c3)c3c(C)cc(C)cc3o2)cc1OC. The average Bonchev–Trinajstić information content (AvgIpc) is 2.72. The summed E-state index contributed by atoms with van der Waals surface area (Å²) in [4.78, 5) is 4.81. The van der Waals surface area contributed by atoms with Crippen molar-refractivity contribution in [2.75, 3.05) is 14.2 Å². The second-order valence-electron chi connectivity index (χ2n) is 7.15. The van der Waals surface area contributed by atoms with Gasteiger partial charge < -0.3 is 19.0 Å². The van der Waals surface area contributed by atoms with Crippen LogP contribution in [0.2, 0.25) is 0 Å². The van der Waals surface area contributed by atoms with Crippen LogP contribution in [0.15, 0.2) is 70.1 Å². The molecule has 0 amide bonds. The third-order valence-corrected chi connectivity index (χ3v) is 4.93. The number of nitrogens with zero attached hydrogens (tertiary/aromatic N) is 1. The fraction of sp³-hybridized carbons (Fsp3) is 0.160. The highest BCUT2D eigenvalue weighted by atomic mass is 16.5. The van der Waals surface area contributed by atoms with Crippen molar-refractivity contribution in [3.05, 3.63) is 77.1 Å². The van der Waals surface area contributed by atoms with Crippen LogP contribution in [0, 0.1) is 13.8 Å². The van der Waals surface area contributed by atoms with Gasteiger partial charge in [-0.1, -0.05) is 12.1 Å². The van der Waals surface area contributed by atoms with Crippen molar-refractivity contribution in [3.63, 3.8) is 0 Å². The van der Waals surface area contributed by atoms with Crippen LogP contribution in [0.25, 0.3) is 22.3 Å². The molecule has 30 heavy (non-hydrogen) atoms. The third kappa shape index (κ3) is 3.74. The summed E-state index contributed by atoms with van der Waals surface area (Å²) >= 11 is 0. The van der Waals surface area contributed by atoms with Gasteiger partial charge in [0.2, 0.25) is 0 Å². The standard InChI is InChI=1S/C25H23NO4/c1-15-10-16(2)25-20(26-18-6-5-7-19(27)13-18)14-22(30-24(25)11-15)17-8-9-21(28-3)23(12-17)29-4/h5-14,27H,1-4H3. The quantitative estimate of drug-likeness (QED) is 0.478. The summed E-state index contributed by atoms with van der Waals surface area (Å²) in [5.41, 5.74) is 4.45. The largest absolute Gasteiger partial charge is 0.508 e. The summed E-state index contributed by atoms with van der Waals surface area (Å²) in [7, 11) is 3.21. The normalized spacial score (nSPS) is 11.7. The van der Waals surface area contributed by atoms with Crippen LogP contribution in [-0.4, -0.2) is 19.3 Å². The number of hydrogen-bond donors (Lipinski definition) is 1. The monoisotopic (exact) mass is 401 g/mol. The second-order valence-corrected chi connectivity index (χ2v) is 7.15. The molecule has 0 aliphatic carbocycles. The van der Waals surface area contributed by atoms with Crippen LogP contribution < -0.4 is 14.8 Å². The lowest BCUT2D eigenvalue weighted by Gasteiger charge is -2.11. The number of phenolic OH excluding ortho intramolecular Hbond substituents is 1. The van der Waals surface area contributed by atoms with E-state index in [1.807, 2.05) is 50.2 Å². The molecule has 1 N–H and O–H groups in total. The zero-order chi connectivity index (χ0) is 21.3. The van der Waals surface area contributed by atoms with E-state index in [0.717, 1.165) is 33.0 Å². The molecule has 0 aliphatic rings. The van der Waals surface area contributed by atoms with Crippen molar-refractivity contribution in [1.82, 2.24) is 0 Å². The van der Waals surface area contributed by atoms with E-state index < -0.39 is 0 Å². The molecule has 0 saturated heterocycles. The van der Waals surface area contributed by atoms with Gasteiger partial charge in [0.05, 0.1) is 25.3 Å². The first-order valence-corrected chi connectivity index (χ1v) is 9.60. The Hall–Kier alpha value is -3.73. The molecule has 0 aliphatic heterocycles. The molecule has 0 atom stereocenters. The molecule has 4 rings (SSSR count). The van der Waals surface area contributed by atoms with Gasteiger partial charge in [0.15, 0.2) is 11.5 Å². The molecule has 0 saturated carbocycles. The van der Waals surface area contributed by atoms with Gasteiger partial charge in [-0.05, 0) is 61.4 Å². The first kappa shape index (κ1) is 19.6. The van der Waals surface area contributed by atoms with Crippen molar-refractivity contribution < 1.29 is 19.0 Å². The summed E-state index contributed by atoms with van der Waals surface area (Å²) in [6.07, 6.45) is 0. The number of methoxy groups -OCH3 is 2. The van der Waals surface area contributed by atoms with Crippen molar-refractivity contribution in [1.29, 1.82) is 0 Å². The molecule has 0 spiro atoms. The van der Waals surface area contributed by atoms with Crippen molar-refractivity contribution in [3.8, 4) is 28.6 Å². The number of rotatable bonds is 4. The maximum atomic E-state index is 9.83. The van der Waals surface area contributed by atoms with E-state index in [4.69, 9.17) is 18.9 Å². The van der Waals surface area contributed by atoms with E-state index >= 15 is 0 Å². The highest BCUT2D eigenvalue weighted by Crippen LogP contribution is 2.33.